The van der Waals surface area contributed by atoms with Crippen molar-refractivity contribution < 1.29 is 9.57 Å². The molecule has 5 nitrogen and oxygen atoms in total. The number of nitrogens with zero attached hydrogens (tertiary/aromatic N) is 2. The van der Waals surface area contributed by atoms with Crippen LogP contribution in [0, 0.1) is 5.92 Å². The van der Waals surface area contributed by atoms with E-state index in [1.165, 1.54) is 11.1 Å². The Morgan fingerprint density at radius 1 is 1.12 bits per heavy atom. The monoisotopic (exact) mass is 445 g/mol. The van der Waals surface area contributed by atoms with E-state index in [-0.39, 0.29) is 17.4 Å². The van der Waals surface area contributed by atoms with Crippen molar-refractivity contribution in [3.63, 3.8) is 0 Å². The largest absolute Gasteiger partial charge is 0.493 e. The minimum atomic E-state index is -0.131. The van der Waals surface area contributed by atoms with Gasteiger partial charge >= 0.3 is 0 Å². The predicted molar refractivity (Wildman–Crippen MR) is 127 cm³/mol. The lowest BCUT2D eigenvalue weighted by Crippen LogP contribution is -2.51. The van der Waals surface area contributed by atoms with Crippen LogP contribution in [0.1, 0.15) is 31.0 Å². The van der Waals surface area contributed by atoms with E-state index in [0.29, 0.717) is 11.6 Å². The molecular weight excluding hydrogens is 422 g/mol. The first-order valence-corrected chi connectivity index (χ1v) is 11.2. The van der Waals surface area contributed by atoms with E-state index in [1.807, 2.05) is 30.3 Å². The molecule has 0 radical (unpaired) electrons. The molecule has 32 heavy (non-hydrogen) atoms. The molecule has 6 rings (SSSR count). The van der Waals surface area contributed by atoms with Crippen LogP contribution >= 0.6 is 11.6 Å². The second-order valence-corrected chi connectivity index (χ2v) is 9.55. The smallest absolute Gasteiger partial charge is 0.138 e. The molecule has 1 N–H and O–H groups in total. The number of hydrogen-bond acceptors (Lipinski definition) is 4. The van der Waals surface area contributed by atoms with Crippen molar-refractivity contribution in [1.29, 1.82) is 0 Å². The van der Waals surface area contributed by atoms with Crippen LogP contribution in [0.5, 0.6) is 5.75 Å². The highest BCUT2D eigenvalue weighted by Crippen LogP contribution is 2.55. The zero-order valence-electron chi connectivity index (χ0n) is 18.2. The molecule has 0 aliphatic carbocycles. The Morgan fingerprint density at radius 3 is 2.81 bits per heavy atom. The molecule has 2 aliphatic rings. The fourth-order valence-electron chi connectivity index (χ4n) is 5.31. The van der Waals surface area contributed by atoms with Gasteiger partial charge in [0.15, 0.2) is 0 Å². The summed E-state index contributed by atoms with van der Waals surface area (Å²) >= 11 is 6.16. The molecule has 0 fully saturated rings. The molecule has 0 saturated heterocycles. The Balaban J connectivity index is 1.50. The summed E-state index contributed by atoms with van der Waals surface area (Å²) in [5, 5.41) is 2.74. The predicted octanol–water partition coefficient (Wildman–Crippen LogP) is 6.29. The van der Waals surface area contributed by atoms with E-state index >= 15 is 0 Å². The molecule has 3 heterocycles. The summed E-state index contributed by atoms with van der Waals surface area (Å²) in [4.78, 5) is 14.2. The van der Waals surface area contributed by atoms with Crippen LogP contribution in [0.2, 0.25) is 5.02 Å². The lowest BCUT2D eigenvalue weighted by Gasteiger charge is -2.52. The number of fused-ring (bicyclic) bond motifs is 5. The summed E-state index contributed by atoms with van der Waals surface area (Å²) in [6, 6.07) is 20.6. The van der Waals surface area contributed by atoms with Crippen LogP contribution in [0.3, 0.4) is 0 Å². The number of imidazole rings is 1. The van der Waals surface area contributed by atoms with Crippen LogP contribution in [0.15, 0.2) is 60.7 Å². The number of nitrogens with one attached hydrogen (secondary N) is 1. The van der Waals surface area contributed by atoms with E-state index < -0.39 is 0 Å². The van der Waals surface area contributed by atoms with E-state index in [2.05, 4.69) is 54.2 Å². The van der Waals surface area contributed by atoms with Gasteiger partial charge in [-0.3, -0.25) is 4.84 Å². The maximum Gasteiger partial charge on any atom is 0.138 e. The fraction of sp³-hybridized carbons (Fsp3) is 0.269. The number of benzene rings is 3. The molecule has 0 amide bonds. The van der Waals surface area contributed by atoms with Crippen LogP contribution in [0.4, 0.5) is 5.69 Å². The van der Waals surface area contributed by atoms with Crippen LogP contribution in [-0.2, 0) is 10.3 Å². The molecule has 3 aromatic carbocycles. The number of para-hydroxylation sites is 1. The first-order chi connectivity index (χ1) is 15.5. The highest BCUT2D eigenvalue weighted by Gasteiger charge is 2.50. The van der Waals surface area contributed by atoms with Gasteiger partial charge in [-0.1, -0.05) is 43.6 Å². The summed E-state index contributed by atoms with van der Waals surface area (Å²) in [5.74, 6) is 2.00. The van der Waals surface area contributed by atoms with Gasteiger partial charge in [0, 0.05) is 27.5 Å². The zero-order valence-corrected chi connectivity index (χ0v) is 19.0. The second-order valence-electron chi connectivity index (χ2n) is 9.11. The average molecular weight is 446 g/mol. The number of hydroxylamine groups is 1. The molecule has 0 bridgehead atoms. The molecule has 0 saturated carbocycles. The molecule has 162 valence electrons. The summed E-state index contributed by atoms with van der Waals surface area (Å²) < 4.78 is 6.19. The standard InChI is InChI=1S/C26H24ClN3O2/c1-26(2)18-12-15(25-28-20-10-9-16(27)13-21(20)29-25)8-11-22(18)30(31-3)24-17-6-4-5-7-23(17)32-14-19(24)26/h4-13,19,24H,14H2,1-3H3,(H,28,29)/t19-,24+/m0/s1. The van der Waals surface area contributed by atoms with Gasteiger partial charge in [-0.25, -0.2) is 10.0 Å². The lowest BCUT2D eigenvalue weighted by molar-refractivity contribution is 0.0442. The van der Waals surface area contributed by atoms with Crippen molar-refractivity contribution >= 4 is 28.3 Å². The Bertz CT molecular complexity index is 1350. The van der Waals surface area contributed by atoms with Crippen molar-refractivity contribution in [3.05, 3.63) is 76.8 Å². The Labute approximate surface area is 191 Å². The average Bonchev–Trinajstić information content (AvgIpc) is 3.22. The highest BCUT2D eigenvalue weighted by atomic mass is 35.5. The third kappa shape index (κ3) is 2.78. The molecule has 2 atom stereocenters. The molecular formula is C26H24ClN3O2. The number of rotatable bonds is 2. The SMILES string of the molecule is CON1c2ccc(-c3nc4ccc(Cl)cc4[nH]3)cc2C(C)(C)[C@H]2COc3ccccc3[C@H]21. The van der Waals surface area contributed by atoms with Crippen molar-refractivity contribution in [3.8, 4) is 17.1 Å². The molecule has 4 aromatic rings. The highest BCUT2D eigenvalue weighted by molar-refractivity contribution is 6.31. The summed E-state index contributed by atoms with van der Waals surface area (Å²) in [6.07, 6.45) is 0. The van der Waals surface area contributed by atoms with Gasteiger partial charge in [-0.05, 0) is 48.0 Å². The number of hydrogen-bond donors (Lipinski definition) is 1. The normalized spacial score (nSPS) is 20.9. The number of aromatic amines is 1. The van der Waals surface area contributed by atoms with E-state index in [0.717, 1.165) is 33.9 Å². The maximum atomic E-state index is 6.19. The Morgan fingerprint density at radius 2 is 1.97 bits per heavy atom. The van der Waals surface area contributed by atoms with Crippen molar-refractivity contribution in [2.75, 3.05) is 18.8 Å². The van der Waals surface area contributed by atoms with E-state index in [4.69, 9.17) is 26.2 Å². The van der Waals surface area contributed by atoms with Crippen molar-refractivity contribution in [1.82, 2.24) is 9.97 Å². The number of H-pyrrole nitrogens is 1. The summed E-state index contributed by atoms with van der Waals surface area (Å²) in [7, 11) is 1.74. The van der Waals surface area contributed by atoms with Gasteiger partial charge in [0.2, 0.25) is 0 Å². The van der Waals surface area contributed by atoms with Gasteiger partial charge < -0.3 is 9.72 Å². The maximum absolute atomic E-state index is 6.19. The number of anilines is 1. The van der Waals surface area contributed by atoms with Crippen LogP contribution in [-0.4, -0.2) is 23.7 Å². The minimum absolute atomic E-state index is 0.0895. The van der Waals surface area contributed by atoms with E-state index in [9.17, 15) is 0 Å². The van der Waals surface area contributed by atoms with Crippen molar-refractivity contribution in [2.24, 2.45) is 5.92 Å². The van der Waals surface area contributed by atoms with Crippen LogP contribution in [0.25, 0.3) is 22.4 Å². The van der Waals surface area contributed by atoms with Gasteiger partial charge in [0.1, 0.15) is 11.6 Å². The molecule has 2 aliphatic heterocycles. The third-order valence-electron chi connectivity index (χ3n) is 7.06. The lowest BCUT2D eigenvalue weighted by atomic mass is 9.65. The minimum Gasteiger partial charge on any atom is -0.493 e. The fourth-order valence-corrected chi connectivity index (χ4v) is 5.48. The van der Waals surface area contributed by atoms with Gasteiger partial charge in [0.05, 0.1) is 36.5 Å². The van der Waals surface area contributed by atoms with Crippen molar-refractivity contribution in [2.45, 2.75) is 25.3 Å². The van der Waals surface area contributed by atoms with E-state index in [1.54, 1.807) is 7.11 Å². The quantitative estimate of drug-likeness (QED) is 0.393. The number of aromatic nitrogens is 2. The summed E-state index contributed by atoms with van der Waals surface area (Å²) in [5.41, 5.74) is 6.21. The van der Waals surface area contributed by atoms with Gasteiger partial charge in [0.25, 0.3) is 0 Å². The number of ether oxygens (including phenoxy) is 1. The molecule has 1 aromatic heterocycles. The first kappa shape index (κ1) is 19.6. The second kappa shape index (κ2) is 6.99. The zero-order chi connectivity index (χ0) is 22.0. The van der Waals surface area contributed by atoms with Gasteiger partial charge in [-0.2, -0.15) is 0 Å². The first-order valence-electron chi connectivity index (χ1n) is 10.8. The number of halogens is 1. The molecule has 6 heteroatoms. The Kier molecular flexibility index (Phi) is 4.29. The third-order valence-corrected chi connectivity index (χ3v) is 7.29. The van der Waals surface area contributed by atoms with Crippen LogP contribution < -0.4 is 9.80 Å². The molecule has 0 unspecified atom stereocenters. The Hall–Kier alpha value is -3.02. The molecule has 0 spiro atoms. The topological polar surface area (TPSA) is 50.4 Å². The summed E-state index contributed by atoms with van der Waals surface area (Å²) in [6.45, 7) is 5.24. The van der Waals surface area contributed by atoms with Gasteiger partial charge in [-0.15, -0.1) is 0 Å².